The van der Waals surface area contributed by atoms with Gasteiger partial charge < -0.3 is 20.1 Å². The molecule has 9 nitrogen and oxygen atoms in total. The molecule has 0 radical (unpaired) electrons. The molecule has 0 saturated carbocycles. The lowest BCUT2D eigenvalue weighted by atomic mass is 10.1. The predicted molar refractivity (Wildman–Crippen MR) is 125 cm³/mol. The van der Waals surface area contributed by atoms with Crippen molar-refractivity contribution in [1.82, 2.24) is 20.1 Å². The number of nitrogens with zero attached hydrogens (tertiary/aromatic N) is 4. The lowest BCUT2D eigenvalue weighted by Crippen LogP contribution is -2.50. The van der Waals surface area contributed by atoms with Crippen LogP contribution in [0.25, 0.3) is 0 Å². The van der Waals surface area contributed by atoms with Gasteiger partial charge in [0, 0.05) is 30.8 Å². The summed E-state index contributed by atoms with van der Waals surface area (Å²) in [6, 6.07) is 5.67. The molecule has 0 spiro atoms. The standard InChI is InChI=1S/C25H23F2N5O4/c1-25(2,35)9-8-15-4-6-20-19(11-15)31(3)23(33)18(14-36-20)29-24(34)32-13-16(12-28-32)10-17-5-7-21(26)30-22(17)27/h4-7,11-13,18,35H,10,14H2,1-3H3,(H,29,34)/t18-/m0/s1. The van der Waals surface area contributed by atoms with Gasteiger partial charge in [0.1, 0.15) is 24.0 Å². The lowest BCUT2D eigenvalue weighted by Gasteiger charge is -2.20. The largest absolute Gasteiger partial charge is 0.489 e. The minimum absolute atomic E-state index is 0.0502. The van der Waals surface area contributed by atoms with Crippen molar-refractivity contribution >= 4 is 17.6 Å². The van der Waals surface area contributed by atoms with Gasteiger partial charge in [0.15, 0.2) is 0 Å². The number of nitrogens with one attached hydrogen (secondary N) is 1. The van der Waals surface area contributed by atoms with Crippen molar-refractivity contribution in [2.24, 2.45) is 0 Å². The minimum atomic E-state index is -1.17. The molecule has 2 aromatic heterocycles. The van der Waals surface area contributed by atoms with E-state index in [0.29, 0.717) is 22.6 Å². The molecule has 11 heteroatoms. The molecule has 0 bridgehead atoms. The minimum Gasteiger partial charge on any atom is -0.489 e. The van der Waals surface area contributed by atoms with Crippen molar-refractivity contribution in [3.63, 3.8) is 0 Å². The first-order valence-electron chi connectivity index (χ1n) is 11.0. The van der Waals surface area contributed by atoms with Crippen LogP contribution in [0.1, 0.15) is 30.5 Å². The highest BCUT2D eigenvalue weighted by molar-refractivity contribution is 6.00. The van der Waals surface area contributed by atoms with E-state index >= 15 is 0 Å². The number of carbonyl (C=O) groups is 2. The number of ether oxygens (including phenoxy) is 1. The Labute approximate surface area is 205 Å². The van der Waals surface area contributed by atoms with Crippen LogP contribution in [-0.4, -0.2) is 57.1 Å². The summed E-state index contributed by atoms with van der Waals surface area (Å²) in [6.45, 7) is 3.02. The molecule has 2 amide bonds. The number of aliphatic hydroxyl groups is 1. The zero-order valence-electron chi connectivity index (χ0n) is 19.7. The maximum Gasteiger partial charge on any atom is 0.342 e. The van der Waals surface area contributed by atoms with Crippen molar-refractivity contribution in [1.29, 1.82) is 0 Å². The summed E-state index contributed by atoms with van der Waals surface area (Å²) in [5, 5.41) is 16.4. The molecule has 0 fully saturated rings. The van der Waals surface area contributed by atoms with E-state index in [9.17, 15) is 23.5 Å². The van der Waals surface area contributed by atoms with E-state index in [1.807, 2.05) is 0 Å². The zero-order chi connectivity index (χ0) is 26.0. The Morgan fingerprint density at radius 3 is 2.81 bits per heavy atom. The fraction of sp³-hybridized carbons (Fsp3) is 0.280. The first-order valence-corrected chi connectivity index (χ1v) is 11.0. The molecule has 4 rings (SSSR count). The van der Waals surface area contributed by atoms with Crippen molar-refractivity contribution in [3.8, 4) is 17.6 Å². The molecule has 0 unspecified atom stereocenters. The summed E-state index contributed by atoms with van der Waals surface area (Å²) in [7, 11) is 1.56. The van der Waals surface area contributed by atoms with Crippen LogP contribution in [0.3, 0.4) is 0 Å². The van der Waals surface area contributed by atoms with E-state index in [-0.39, 0.29) is 18.6 Å². The van der Waals surface area contributed by atoms with Gasteiger partial charge in [-0.15, -0.1) is 0 Å². The predicted octanol–water partition coefficient (Wildman–Crippen LogP) is 2.25. The molecule has 1 aliphatic rings. The Balaban J connectivity index is 1.46. The second kappa shape index (κ2) is 9.75. The van der Waals surface area contributed by atoms with Gasteiger partial charge in [0.05, 0.1) is 11.9 Å². The smallest absolute Gasteiger partial charge is 0.342 e. The molecule has 0 aliphatic carbocycles. The Kier molecular flexibility index (Phi) is 6.72. The van der Waals surface area contributed by atoms with Gasteiger partial charge in [-0.05, 0) is 49.7 Å². The van der Waals surface area contributed by atoms with E-state index in [1.165, 1.54) is 23.4 Å². The number of carbonyl (C=O) groups excluding carboxylic acids is 2. The summed E-state index contributed by atoms with van der Waals surface area (Å²) in [5.41, 5.74) is 0.519. The summed E-state index contributed by atoms with van der Waals surface area (Å²) in [6.07, 6.45) is 2.80. The average molecular weight is 495 g/mol. The molecule has 0 saturated heterocycles. The molecule has 186 valence electrons. The number of hydrogen-bond acceptors (Lipinski definition) is 6. The maximum absolute atomic E-state index is 13.8. The van der Waals surface area contributed by atoms with Crippen LogP contribution < -0.4 is 15.0 Å². The second-order valence-electron chi connectivity index (χ2n) is 8.76. The number of rotatable bonds is 3. The van der Waals surface area contributed by atoms with Gasteiger partial charge in [-0.25, -0.2) is 4.79 Å². The third-order valence-electron chi connectivity index (χ3n) is 5.30. The quantitative estimate of drug-likeness (QED) is 0.426. The third kappa shape index (κ3) is 5.67. The number of aromatic nitrogens is 3. The van der Waals surface area contributed by atoms with Crippen LogP contribution in [-0.2, 0) is 11.2 Å². The molecule has 1 aromatic carbocycles. The van der Waals surface area contributed by atoms with Gasteiger partial charge in [-0.1, -0.05) is 11.8 Å². The van der Waals surface area contributed by atoms with E-state index in [4.69, 9.17) is 4.74 Å². The van der Waals surface area contributed by atoms with E-state index in [1.54, 1.807) is 39.1 Å². The molecule has 3 heterocycles. The van der Waals surface area contributed by atoms with Crippen LogP contribution in [0.5, 0.6) is 5.75 Å². The SMILES string of the molecule is CN1C(=O)[C@@H](NC(=O)n2cc(Cc3ccc(F)nc3F)cn2)COc2ccc(C#CC(C)(C)O)cc21. The average Bonchev–Trinajstić information content (AvgIpc) is 3.25. The molecular formula is C25H23F2N5O4. The van der Waals surface area contributed by atoms with Gasteiger partial charge in [0.25, 0.3) is 5.91 Å². The summed E-state index contributed by atoms with van der Waals surface area (Å²) >= 11 is 0. The lowest BCUT2D eigenvalue weighted by molar-refractivity contribution is -0.120. The van der Waals surface area contributed by atoms with E-state index < -0.39 is 35.5 Å². The van der Waals surface area contributed by atoms with E-state index in [0.717, 1.165) is 10.7 Å². The number of halogens is 2. The summed E-state index contributed by atoms with van der Waals surface area (Å²) in [5.74, 6) is 3.74. The number of pyridine rings is 1. The first-order chi connectivity index (χ1) is 17.0. The van der Waals surface area contributed by atoms with Crippen molar-refractivity contribution in [2.45, 2.75) is 31.9 Å². The topological polar surface area (TPSA) is 110 Å². The fourth-order valence-electron chi connectivity index (χ4n) is 3.48. The molecule has 2 N–H and O–H groups in total. The van der Waals surface area contributed by atoms with E-state index in [2.05, 4.69) is 27.2 Å². The van der Waals surface area contributed by atoms with Crippen molar-refractivity contribution in [2.75, 3.05) is 18.6 Å². The zero-order valence-corrected chi connectivity index (χ0v) is 19.7. The highest BCUT2D eigenvalue weighted by Crippen LogP contribution is 2.31. The number of amides is 2. The van der Waals surface area contributed by atoms with Crippen LogP contribution in [0.2, 0.25) is 0 Å². The Bertz CT molecular complexity index is 1390. The van der Waals surface area contributed by atoms with Gasteiger partial charge in [-0.3, -0.25) is 4.79 Å². The summed E-state index contributed by atoms with van der Waals surface area (Å²) < 4.78 is 33.6. The maximum atomic E-state index is 13.8. The Hall–Kier alpha value is -4.30. The highest BCUT2D eigenvalue weighted by atomic mass is 19.1. The van der Waals surface area contributed by atoms with Crippen molar-refractivity contribution in [3.05, 3.63) is 71.3 Å². The third-order valence-corrected chi connectivity index (χ3v) is 5.30. The second-order valence-corrected chi connectivity index (χ2v) is 8.76. The summed E-state index contributed by atoms with van der Waals surface area (Å²) in [4.78, 5) is 30.3. The van der Waals surface area contributed by atoms with Crippen LogP contribution >= 0.6 is 0 Å². The molecule has 1 aliphatic heterocycles. The molecular weight excluding hydrogens is 472 g/mol. The number of hydrogen-bond donors (Lipinski definition) is 2. The molecule has 3 aromatic rings. The van der Waals surface area contributed by atoms with Gasteiger partial charge >= 0.3 is 6.03 Å². The van der Waals surface area contributed by atoms with Crippen LogP contribution in [0.15, 0.2) is 42.7 Å². The van der Waals surface area contributed by atoms with Crippen LogP contribution in [0.4, 0.5) is 19.3 Å². The molecule has 36 heavy (non-hydrogen) atoms. The van der Waals surface area contributed by atoms with Gasteiger partial charge in [0.2, 0.25) is 11.9 Å². The Morgan fingerprint density at radius 1 is 1.31 bits per heavy atom. The normalized spacial score (nSPS) is 15.3. The van der Waals surface area contributed by atoms with Gasteiger partial charge in [-0.2, -0.15) is 23.5 Å². The van der Waals surface area contributed by atoms with Crippen molar-refractivity contribution < 1.29 is 28.2 Å². The molecule has 1 atom stereocenters. The number of likely N-dealkylation sites (N-methyl/N-ethyl adjacent to an activating group) is 1. The number of benzene rings is 1. The highest BCUT2D eigenvalue weighted by Gasteiger charge is 2.31. The number of anilines is 1. The fourth-order valence-corrected chi connectivity index (χ4v) is 3.48. The Morgan fingerprint density at radius 2 is 2.08 bits per heavy atom. The monoisotopic (exact) mass is 495 g/mol. The number of fused-ring (bicyclic) bond motifs is 1. The van der Waals surface area contributed by atoms with Crippen LogP contribution in [0, 0.1) is 23.7 Å². The first kappa shape index (κ1) is 24.8.